The molecule has 1 aromatic rings. The van der Waals surface area contributed by atoms with Gasteiger partial charge in [-0.25, -0.2) is 13.4 Å². The van der Waals surface area contributed by atoms with Gasteiger partial charge < -0.3 is 10.5 Å². The minimum atomic E-state index is -2.89. The third-order valence-corrected chi connectivity index (χ3v) is 4.52. The van der Waals surface area contributed by atoms with Gasteiger partial charge in [0.25, 0.3) is 0 Å². The molecule has 0 aliphatic carbocycles. The van der Waals surface area contributed by atoms with Crippen LogP contribution in [0.3, 0.4) is 0 Å². The number of rotatable bonds is 2. The molecule has 2 heterocycles. The zero-order valence-electron chi connectivity index (χ0n) is 9.01. The number of hydrogen-bond acceptors (Lipinski definition) is 5. The Hall–Kier alpha value is -1.30. The van der Waals surface area contributed by atoms with Crippen molar-refractivity contribution in [1.82, 2.24) is 4.98 Å². The summed E-state index contributed by atoms with van der Waals surface area (Å²) < 4.78 is 27.7. The number of nitrogens with zero attached hydrogens (tertiary/aromatic N) is 1. The highest BCUT2D eigenvalue weighted by molar-refractivity contribution is 7.91. The van der Waals surface area contributed by atoms with E-state index in [1.807, 2.05) is 0 Å². The predicted molar refractivity (Wildman–Crippen MR) is 61.2 cm³/mol. The molecular formula is C10H14N2O3S. The lowest BCUT2D eigenvalue weighted by molar-refractivity contribution is 0.397. The molecule has 1 aliphatic rings. The van der Waals surface area contributed by atoms with Crippen molar-refractivity contribution in [2.75, 3.05) is 24.3 Å². The molecule has 6 heteroatoms. The average molecular weight is 242 g/mol. The minimum absolute atomic E-state index is 0.0282. The van der Waals surface area contributed by atoms with Gasteiger partial charge in [-0.05, 0) is 18.6 Å². The summed E-state index contributed by atoms with van der Waals surface area (Å²) in [4.78, 5) is 4.23. The van der Waals surface area contributed by atoms with Crippen LogP contribution in [0.5, 0.6) is 5.88 Å². The van der Waals surface area contributed by atoms with Crippen molar-refractivity contribution in [3.63, 3.8) is 0 Å². The van der Waals surface area contributed by atoms with E-state index in [2.05, 4.69) is 4.98 Å². The van der Waals surface area contributed by atoms with E-state index >= 15 is 0 Å². The highest BCUT2D eigenvalue weighted by atomic mass is 32.2. The van der Waals surface area contributed by atoms with Crippen LogP contribution in [0.2, 0.25) is 0 Å². The lowest BCUT2D eigenvalue weighted by Crippen LogP contribution is -2.06. The summed E-state index contributed by atoms with van der Waals surface area (Å²) in [5, 5.41) is 0. The lowest BCUT2D eigenvalue weighted by atomic mass is 10.0. The van der Waals surface area contributed by atoms with Gasteiger partial charge in [0.1, 0.15) is 0 Å². The van der Waals surface area contributed by atoms with Gasteiger partial charge in [0.05, 0.1) is 24.3 Å². The summed E-state index contributed by atoms with van der Waals surface area (Å²) in [5.74, 6) is 0.750. The molecule has 0 bridgehead atoms. The third kappa shape index (κ3) is 2.11. The van der Waals surface area contributed by atoms with Crippen LogP contribution >= 0.6 is 0 Å². The molecule has 1 saturated heterocycles. The first-order valence-electron chi connectivity index (χ1n) is 5.02. The van der Waals surface area contributed by atoms with Crippen LogP contribution < -0.4 is 10.5 Å². The normalized spacial score (nSPS) is 23.2. The molecule has 2 N–H and O–H groups in total. The van der Waals surface area contributed by atoms with Crippen molar-refractivity contribution in [2.24, 2.45) is 0 Å². The Morgan fingerprint density at radius 1 is 1.50 bits per heavy atom. The van der Waals surface area contributed by atoms with Crippen LogP contribution in [0.25, 0.3) is 0 Å². The maximum absolute atomic E-state index is 11.4. The number of hydrogen-bond donors (Lipinski definition) is 1. The number of aromatic nitrogens is 1. The van der Waals surface area contributed by atoms with Gasteiger partial charge in [-0.3, -0.25) is 0 Å². The zero-order chi connectivity index (χ0) is 11.8. The molecule has 1 fully saturated rings. The molecular weight excluding hydrogens is 228 g/mol. The average Bonchev–Trinajstić information content (AvgIpc) is 2.59. The highest BCUT2D eigenvalue weighted by Crippen LogP contribution is 2.30. The lowest BCUT2D eigenvalue weighted by Gasteiger charge is -2.10. The van der Waals surface area contributed by atoms with Crippen LogP contribution in [0.1, 0.15) is 18.0 Å². The van der Waals surface area contributed by atoms with Gasteiger partial charge in [0.15, 0.2) is 9.84 Å². The summed E-state index contributed by atoms with van der Waals surface area (Å²) in [6, 6.07) is 3.47. The van der Waals surface area contributed by atoms with Gasteiger partial charge in [0, 0.05) is 11.6 Å². The van der Waals surface area contributed by atoms with Crippen molar-refractivity contribution >= 4 is 15.5 Å². The SMILES string of the molecule is COc1nc(C2CCS(=O)(=O)C2)ccc1N. The maximum Gasteiger partial charge on any atom is 0.237 e. The van der Waals surface area contributed by atoms with Gasteiger partial charge in [-0.2, -0.15) is 0 Å². The first-order valence-corrected chi connectivity index (χ1v) is 6.85. The Bertz CT molecular complexity index is 499. The van der Waals surface area contributed by atoms with Gasteiger partial charge >= 0.3 is 0 Å². The van der Waals surface area contributed by atoms with E-state index in [-0.39, 0.29) is 17.4 Å². The zero-order valence-corrected chi connectivity index (χ0v) is 9.83. The molecule has 0 radical (unpaired) electrons. The van der Waals surface area contributed by atoms with Crippen molar-refractivity contribution in [2.45, 2.75) is 12.3 Å². The fourth-order valence-electron chi connectivity index (χ4n) is 1.88. The van der Waals surface area contributed by atoms with E-state index < -0.39 is 9.84 Å². The van der Waals surface area contributed by atoms with E-state index in [1.54, 1.807) is 12.1 Å². The molecule has 2 rings (SSSR count). The number of nitrogens with two attached hydrogens (primary N) is 1. The second-order valence-electron chi connectivity index (χ2n) is 3.93. The number of nitrogen functional groups attached to an aromatic ring is 1. The topological polar surface area (TPSA) is 82.3 Å². The number of ether oxygens (including phenoxy) is 1. The standard InChI is InChI=1S/C10H14N2O3S/c1-15-10-8(11)2-3-9(12-10)7-4-5-16(13,14)6-7/h2-3,7H,4-6,11H2,1H3. The Balaban J connectivity index is 2.29. The molecule has 1 atom stereocenters. The van der Waals surface area contributed by atoms with Gasteiger partial charge in [-0.15, -0.1) is 0 Å². The Kier molecular flexibility index (Phi) is 2.75. The molecule has 0 saturated carbocycles. The molecule has 1 unspecified atom stereocenters. The highest BCUT2D eigenvalue weighted by Gasteiger charge is 2.30. The molecule has 5 nitrogen and oxygen atoms in total. The summed E-state index contributed by atoms with van der Waals surface area (Å²) >= 11 is 0. The summed E-state index contributed by atoms with van der Waals surface area (Å²) in [6.45, 7) is 0. The summed E-state index contributed by atoms with van der Waals surface area (Å²) in [5.41, 5.74) is 6.85. The fraction of sp³-hybridized carbons (Fsp3) is 0.500. The molecule has 1 aliphatic heterocycles. The molecule has 88 valence electrons. The van der Waals surface area contributed by atoms with Crippen molar-refractivity contribution in [1.29, 1.82) is 0 Å². The van der Waals surface area contributed by atoms with E-state index in [9.17, 15) is 8.42 Å². The maximum atomic E-state index is 11.4. The number of anilines is 1. The fourth-order valence-corrected chi connectivity index (χ4v) is 3.65. The van der Waals surface area contributed by atoms with Crippen LogP contribution in [-0.4, -0.2) is 32.0 Å². The quantitative estimate of drug-likeness (QED) is 0.820. The van der Waals surface area contributed by atoms with Crippen molar-refractivity contribution in [3.8, 4) is 5.88 Å². The van der Waals surface area contributed by atoms with Gasteiger partial charge in [0.2, 0.25) is 5.88 Å². The van der Waals surface area contributed by atoms with E-state index in [0.717, 1.165) is 5.69 Å². The van der Waals surface area contributed by atoms with Crippen molar-refractivity contribution < 1.29 is 13.2 Å². The Morgan fingerprint density at radius 2 is 2.25 bits per heavy atom. The first kappa shape index (κ1) is 11.2. The van der Waals surface area contributed by atoms with Crippen LogP contribution in [-0.2, 0) is 9.84 Å². The minimum Gasteiger partial charge on any atom is -0.480 e. The molecule has 1 aromatic heterocycles. The summed E-state index contributed by atoms with van der Waals surface area (Å²) in [7, 11) is -1.39. The second kappa shape index (κ2) is 3.93. The Morgan fingerprint density at radius 3 is 2.81 bits per heavy atom. The van der Waals surface area contributed by atoms with Crippen molar-refractivity contribution in [3.05, 3.63) is 17.8 Å². The molecule has 0 amide bonds. The molecule has 0 spiro atoms. The van der Waals surface area contributed by atoms with E-state index in [0.29, 0.717) is 18.0 Å². The monoisotopic (exact) mass is 242 g/mol. The van der Waals surface area contributed by atoms with Crippen LogP contribution in [0.4, 0.5) is 5.69 Å². The number of sulfone groups is 1. The molecule has 16 heavy (non-hydrogen) atoms. The van der Waals surface area contributed by atoms with Gasteiger partial charge in [-0.1, -0.05) is 0 Å². The smallest absolute Gasteiger partial charge is 0.237 e. The third-order valence-electron chi connectivity index (χ3n) is 2.76. The van der Waals surface area contributed by atoms with E-state index in [1.165, 1.54) is 7.11 Å². The van der Waals surface area contributed by atoms with Crippen LogP contribution in [0.15, 0.2) is 12.1 Å². The van der Waals surface area contributed by atoms with E-state index in [4.69, 9.17) is 10.5 Å². The van der Waals surface area contributed by atoms with Crippen LogP contribution in [0, 0.1) is 0 Å². The first-order chi connectivity index (χ1) is 7.52. The summed E-state index contributed by atoms with van der Waals surface area (Å²) in [6.07, 6.45) is 0.627. The Labute approximate surface area is 94.5 Å². The second-order valence-corrected chi connectivity index (χ2v) is 6.16. The number of methoxy groups -OCH3 is 1. The number of pyridine rings is 1. The largest absolute Gasteiger partial charge is 0.480 e. The predicted octanol–water partition coefficient (Wildman–Crippen LogP) is 0.575. The molecule has 0 aromatic carbocycles.